The average Bonchev–Trinajstić information content (AvgIpc) is 3.34. The molecule has 0 aliphatic heterocycles. The van der Waals surface area contributed by atoms with E-state index in [-0.39, 0.29) is 18.4 Å². The Morgan fingerprint density at radius 1 is 1.23 bits per heavy atom. The molecule has 4 rings (SSSR count). The van der Waals surface area contributed by atoms with Crippen molar-refractivity contribution in [3.63, 3.8) is 0 Å². The molecule has 0 fully saturated rings. The van der Waals surface area contributed by atoms with Crippen molar-refractivity contribution in [3.05, 3.63) is 65.1 Å². The van der Waals surface area contributed by atoms with E-state index < -0.39 is 0 Å². The summed E-state index contributed by atoms with van der Waals surface area (Å²) < 4.78 is 11.5. The average molecular weight is 366 g/mol. The van der Waals surface area contributed by atoms with Crippen molar-refractivity contribution in [1.29, 1.82) is 0 Å². The summed E-state index contributed by atoms with van der Waals surface area (Å²) in [6.07, 6.45) is 0.172. The first-order valence-corrected chi connectivity index (χ1v) is 9.26. The molecule has 1 N–H and O–H groups in total. The van der Waals surface area contributed by atoms with Gasteiger partial charge >= 0.3 is 0 Å². The van der Waals surface area contributed by atoms with Gasteiger partial charge in [0.2, 0.25) is 11.8 Å². The fraction of sp³-hybridized carbons (Fsp3) is 0.200. The standard InChI is InChI=1S/C20H18N2O3S/c1-12(17-10-14-6-3-4-7-16(14)25-17)21-19(23)11-15-13(2)24-20(22-15)18-8-5-9-26-18/h3-10,12H,11H2,1-2H3,(H,21,23). The van der Waals surface area contributed by atoms with Crippen molar-refractivity contribution in [3.8, 4) is 10.8 Å². The Bertz CT molecular complexity index is 1010. The second-order valence-electron chi connectivity index (χ2n) is 6.15. The maximum absolute atomic E-state index is 12.4. The van der Waals surface area contributed by atoms with E-state index >= 15 is 0 Å². The van der Waals surface area contributed by atoms with Crippen molar-refractivity contribution in [2.45, 2.75) is 26.3 Å². The first-order chi connectivity index (χ1) is 12.6. The number of fused-ring (bicyclic) bond motifs is 1. The maximum atomic E-state index is 12.4. The predicted octanol–water partition coefficient (Wildman–Crippen LogP) is 4.88. The van der Waals surface area contributed by atoms with Crippen LogP contribution < -0.4 is 5.32 Å². The van der Waals surface area contributed by atoms with Crippen LogP contribution in [0.2, 0.25) is 0 Å². The molecule has 0 aliphatic carbocycles. The quantitative estimate of drug-likeness (QED) is 0.547. The summed E-state index contributed by atoms with van der Waals surface area (Å²) in [5, 5.41) is 5.96. The Balaban J connectivity index is 1.45. The summed E-state index contributed by atoms with van der Waals surface area (Å²) in [6, 6.07) is 13.4. The Kier molecular flexibility index (Phi) is 4.34. The summed E-state index contributed by atoms with van der Waals surface area (Å²) in [6.45, 7) is 3.73. The lowest BCUT2D eigenvalue weighted by molar-refractivity contribution is -0.121. The molecule has 0 spiro atoms. The van der Waals surface area contributed by atoms with Crippen molar-refractivity contribution < 1.29 is 13.6 Å². The highest BCUT2D eigenvalue weighted by molar-refractivity contribution is 7.13. The van der Waals surface area contributed by atoms with Gasteiger partial charge in [0.1, 0.15) is 17.1 Å². The van der Waals surface area contributed by atoms with E-state index in [0.29, 0.717) is 17.3 Å². The number of hydrogen-bond acceptors (Lipinski definition) is 5. The van der Waals surface area contributed by atoms with Crippen LogP contribution in [0.4, 0.5) is 0 Å². The van der Waals surface area contributed by atoms with Crippen LogP contribution >= 0.6 is 11.3 Å². The van der Waals surface area contributed by atoms with Gasteiger partial charge in [-0.3, -0.25) is 4.79 Å². The fourth-order valence-corrected chi connectivity index (χ4v) is 3.48. The molecule has 1 atom stereocenters. The van der Waals surface area contributed by atoms with Gasteiger partial charge in [-0.25, -0.2) is 4.98 Å². The third-order valence-corrected chi connectivity index (χ3v) is 5.06. The van der Waals surface area contributed by atoms with E-state index in [2.05, 4.69) is 10.3 Å². The lowest BCUT2D eigenvalue weighted by Crippen LogP contribution is -2.28. The highest BCUT2D eigenvalue weighted by Gasteiger charge is 2.18. The molecule has 1 amide bonds. The second-order valence-corrected chi connectivity index (χ2v) is 7.10. The number of carbonyl (C=O) groups excluding carboxylic acids is 1. The van der Waals surface area contributed by atoms with Gasteiger partial charge in [0.25, 0.3) is 0 Å². The Morgan fingerprint density at radius 3 is 2.85 bits per heavy atom. The molecule has 0 saturated carbocycles. The zero-order chi connectivity index (χ0) is 18.1. The number of benzene rings is 1. The third-order valence-electron chi connectivity index (χ3n) is 4.20. The molecule has 4 aromatic rings. The van der Waals surface area contributed by atoms with Crippen LogP contribution in [0.15, 0.2) is 56.7 Å². The minimum Gasteiger partial charge on any atom is -0.459 e. The topological polar surface area (TPSA) is 68.3 Å². The van der Waals surface area contributed by atoms with Crippen LogP contribution in [0.25, 0.3) is 21.7 Å². The van der Waals surface area contributed by atoms with E-state index in [0.717, 1.165) is 21.6 Å². The van der Waals surface area contributed by atoms with E-state index in [1.807, 2.05) is 61.7 Å². The molecule has 0 radical (unpaired) electrons. The number of nitrogens with one attached hydrogen (secondary N) is 1. The predicted molar refractivity (Wildman–Crippen MR) is 101 cm³/mol. The molecule has 26 heavy (non-hydrogen) atoms. The van der Waals surface area contributed by atoms with Crippen molar-refractivity contribution in [1.82, 2.24) is 10.3 Å². The van der Waals surface area contributed by atoms with Crippen LogP contribution in [0.5, 0.6) is 0 Å². The number of aromatic nitrogens is 1. The Labute approximate surface area is 154 Å². The van der Waals surface area contributed by atoms with E-state index in [1.165, 1.54) is 0 Å². The zero-order valence-corrected chi connectivity index (χ0v) is 15.3. The number of para-hydroxylation sites is 1. The highest BCUT2D eigenvalue weighted by atomic mass is 32.1. The van der Waals surface area contributed by atoms with Crippen molar-refractivity contribution >= 4 is 28.2 Å². The lowest BCUT2D eigenvalue weighted by atomic mass is 10.2. The third kappa shape index (κ3) is 3.28. The van der Waals surface area contributed by atoms with Crippen LogP contribution in [0.3, 0.4) is 0 Å². The van der Waals surface area contributed by atoms with Gasteiger partial charge in [-0.05, 0) is 37.4 Å². The smallest absolute Gasteiger partial charge is 0.236 e. The maximum Gasteiger partial charge on any atom is 0.236 e. The first-order valence-electron chi connectivity index (χ1n) is 8.38. The first kappa shape index (κ1) is 16.6. The monoisotopic (exact) mass is 366 g/mol. The number of oxazole rings is 1. The van der Waals surface area contributed by atoms with E-state index in [9.17, 15) is 4.79 Å². The van der Waals surface area contributed by atoms with Gasteiger partial charge in [-0.2, -0.15) is 0 Å². The molecule has 1 unspecified atom stereocenters. The normalized spacial score (nSPS) is 12.4. The van der Waals surface area contributed by atoms with Crippen LogP contribution in [-0.4, -0.2) is 10.9 Å². The van der Waals surface area contributed by atoms with Crippen molar-refractivity contribution in [2.75, 3.05) is 0 Å². The Hall–Kier alpha value is -2.86. The molecular formula is C20H18N2O3S. The largest absolute Gasteiger partial charge is 0.459 e. The molecule has 6 heteroatoms. The number of hydrogen-bond donors (Lipinski definition) is 1. The molecule has 0 bridgehead atoms. The SMILES string of the molecule is Cc1oc(-c2cccs2)nc1CC(=O)NC(C)c1cc2ccccc2o1. The number of nitrogens with zero attached hydrogens (tertiary/aromatic N) is 1. The molecule has 0 saturated heterocycles. The molecular weight excluding hydrogens is 348 g/mol. The minimum atomic E-state index is -0.223. The molecule has 5 nitrogen and oxygen atoms in total. The fourth-order valence-electron chi connectivity index (χ4n) is 2.83. The summed E-state index contributed by atoms with van der Waals surface area (Å²) in [5.41, 5.74) is 1.47. The number of thiophene rings is 1. The summed E-state index contributed by atoms with van der Waals surface area (Å²) in [7, 11) is 0. The number of carbonyl (C=O) groups is 1. The highest BCUT2D eigenvalue weighted by Crippen LogP contribution is 2.26. The number of rotatable bonds is 5. The van der Waals surface area contributed by atoms with Gasteiger partial charge in [0, 0.05) is 5.39 Å². The molecule has 3 aromatic heterocycles. The summed E-state index contributed by atoms with van der Waals surface area (Å²) in [5.74, 6) is 1.84. The summed E-state index contributed by atoms with van der Waals surface area (Å²) in [4.78, 5) is 17.8. The van der Waals surface area contributed by atoms with E-state index in [1.54, 1.807) is 11.3 Å². The van der Waals surface area contributed by atoms with Gasteiger partial charge in [0.05, 0.1) is 23.0 Å². The van der Waals surface area contributed by atoms with Crippen LogP contribution in [0, 0.1) is 6.92 Å². The van der Waals surface area contributed by atoms with E-state index in [4.69, 9.17) is 8.83 Å². The summed E-state index contributed by atoms with van der Waals surface area (Å²) >= 11 is 1.56. The zero-order valence-electron chi connectivity index (χ0n) is 14.5. The number of amides is 1. The minimum absolute atomic E-state index is 0.118. The van der Waals surface area contributed by atoms with Gasteiger partial charge in [-0.15, -0.1) is 11.3 Å². The second kappa shape index (κ2) is 6.80. The van der Waals surface area contributed by atoms with Gasteiger partial charge < -0.3 is 14.2 Å². The molecule has 3 heterocycles. The van der Waals surface area contributed by atoms with Crippen LogP contribution in [0.1, 0.15) is 30.2 Å². The lowest BCUT2D eigenvalue weighted by Gasteiger charge is -2.10. The molecule has 132 valence electrons. The number of furan rings is 1. The van der Waals surface area contributed by atoms with Gasteiger partial charge in [0.15, 0.2) is 0 Å². The van der Waals surface area contributed by atoms with Gasteiger partial charge in [-0.1, -0.05) is 24.3 Å². The molecule has 1 aromatic carbocycles. The molecule has 0 aliphatic rings. The van der Waals surface area contributed by atoms with Crippen LogP contribution in [-0.2, 0) is 11.2 Å². The number of aryl methyl sites for hydroxylation is 1. The van der Waals surface area contributed by atoms with Crippen molar-refractivity contribution in [2.24, 2.45) is 0 Å². The Morgan fingerprint density at radius 2 is 2.08 bits per heavy atom.